The van der Waals surface area contributed by atoms with Crippen LogP contribution >= 0.6 is 0 Å². The minimum Gasteiger partial charge on any atom is -0.493 e. The second-order valence-corrected chi connectivity index (χ2v) is 4.76. The number of amides is 1. The van der Waals surface area contributed by atoms with Gasteiger partial charge in [-0.25, -0.2) is 4.99 Å². The monoisotopic (exact) mass is 297 g/mol. The van der Waals surface area contributed by atoms with Crippen LogP contribution in [0.4, 0.5) is 0 Å². The van der Waals surface area contributed by atoms with Gasteiger partial charge >= 0.3 is 0 Å². The quantitative estimate of drug-likeness (QED) is 0.851. The van der Waals surface area contributed by atoms with Crippen LogP contribution < -0.4 is 14.2 Å². The van der Waals surface area contributed by atoms with Crippen molar-refractivity contribution in [3.05, 3.63) is 53.1 Å². The Labute approximate surface area is 128 Å². The Morgan fingerprint density at radius 2 is 1.82 bits per heavy atom. The SMILES string of the molecule is COc1ccc(COc2cccc3c2C=NC3=O)cc1OC. The molecule has 2 aromatic carbocycles. The first kappa shape index (κ1) is 14.1. The van der Waals surface area contributed by atoms with Crippen LogP contribution in [-0.4, -0.2) is 26.3 Å². The maximum absolute atomic E-state index is 11.6. The Hall–Kier alpha value is -2.82. The molecule has 0 saturated heterocycles. The van der Waals surface area contributed by atoms with Crippen LogP contribution in [0.2, 0.25) is 0 Å². The summed E-state index contributed by atoms with van der Waals surface area (Å²) in [4.78, 5) is 15.4. The zero-order valence-electron chi connectivity index (χ0n) is 12.3. The Morgan fingerprint density at radius 1 is 1.00 bits per heavy atom. The molecular formula is C17H15NO4. The zero-order chi connectivity index (χ0) is 15.5. The summed E-state index contributed by atoms with van der Waals surface area (Å²) in [6.45, 7) is 0.360. The van der Waals surface area contributed by atoms with Crippen molar-refractivity contribution in [3.8, 4) is 17.2 Å². The van der Waals surface area contributed by atoms with Crippen LogP contribution in [-0.2, 0) is 6.61 Å². The Balaban J connectivity index is 1.79. The summed E-state index contributed by atoms with van der Waals surface area (Å²) in [5, 5.41) is 0. The molecule has 5 heteroatoms. The van der Waals surface area contributed by atoms with Crippen molar-refractivity contribution in [2.75, 3.05) is 14.2 Å². The molecule has 1 amide bonds. The number of hydrogen-bond donors (Lipinski definition) is 0. The van der Waals surface area contributed by atoms with Gasteiger partial charge in [-0.05, 0) is 29.8 Å². The number of rotatable bonds is 5. The first-order valence-electron chi connectivity index (χ1n) is 6.78. The van der Waals surface area contributed by atoms with Crippen molar-refractivity contribution in [1.29, 1.82) is 0 Å². The first-order valence-corrected chi connectivity index (χ1v) is 6.78. The smallest absolute Gasteiger partial charge is 0.277 e. The maximum Gasteiger partial charge on any atom is 0.277 e. The van der Waals surface area contributed by atoms with Crippen LogP contribution in [0.25, 0.3) is 0 Å². The van der Waals surface area contributed by atoms with Crippen molar-refractivity contribution in [2.45, 2.75) is 6.61 Å². The van der Waals surface area contributed by atoms with E-state index in [1.807, 2.05) is 24.3 Å². The van der Waals surface area contributed by atoms with E-state index in [1.165, 1.54) is 0 Å². The fourth-order valence-corrected chi connectivity index (χ4v) is 2.31. The number of fused-ring (bicyclic) bond motifs is 1. The second kappa shape index (κ2) is 5.89. The molecular weight excluding hydrogens is 282 g/mol. The lowest BCUT2D eigenvalue weighted by Gasteiger charge is -2.12. The normalized spacial score (nSPS) is 12.2. The Kier molecular flexibility index (Phi) is 3.78. The summed E-state index contributed by atoms with van der Waals surface area (Å²) in [6.07, 6.45) is 1.54. The number of hydrogen-bond acceptors (Lipinski definition) is 4. The minimum atomic E-state index is -0.230. The predicted molar refractivity (Wildman–Crippen MR) is 82.2 cm³/mol. The second-order valence-electron chi connectivity index (χ2n) is 4.76. The highest BCUT2D eigenvalue weighted by molar-refractivity contribution is 6.14. The van der Waals surface area contributed by atoms with Crippen LogP contribution in [0.1, 0.15) is 21.5 Å². The number of ether oxygens (including phenoxy) is 3. The van der Waals surface area contributed by atoms with Crippen molar-refractivity contribution in [2.24, 2.45) is 4.99 Å². The number of nitrogens with zero attached hydrogens (tertiary/aromatic N) is 1. The molecule has 112 valence electrons. The topological polar surface area (TPSA) is 57.1 Å². The minimum absolute atomic E-state index is 0.230. The van der Waals surface area contributed by atoms with E-state index < -0.39 is 0 Å². The van der Waals surface area contributed by atoms with E-state index in [-0.39, 0.29) is 5.91 Å². The summed E-state index contributed by atoms with van der Waals surface area (Å²) in [7, 11) is 3.19. The van der Waals surface area contributed by atoms with Crippen LogP contribution in [0, 0.1) is 0 Å². The highest BCUT2D eigenvalue weighted by atomic mass is 16.5. The summed E-state index contributed by atoms with van der Waals surface area (Å²) in [5.41, 5.74) is 2.24. The fourth-order valence-electron chi connectivity index (χ4n) is 2.31. The summed E-state index contributed by atoms with van der Waals surface area (Å²) >= 11 is 0. The highest BCUT2D eigenvalue weighted by Crippen LogP contribution is 2.29. The molecule has 0 N–H and O–H groups in total. The van der Waals surface area contributed by atoms with Gasteiger partial charge in [-0.2, -0.15) is 0 Å². The largest absolute Gasteiger partial charge is 0.493 e. The van der Waals surface area contributed by atoms with E-state index in [0.717, 1.165) is 11.1 Å². The van der Waals surface area contributed by atoms with Crippen LogP contribution in [0.5, 0.6) is 17.2 Å². The summed E-state index contributed by atoms with van der Waals surface area (Å²) in [5.74, 6) is 1.73. The molecule has 0 aliphatic carbocycles. The summed E-state index contributed by atoms with van der Waals surface area (Å²) < 4.78 is 16.3. The van der Waals surface area contributed by atoms with Crippen LogP contribution in [0.3, 0.4) is 0 Å². The fraction of sp³-hybridized carbons (Fsp3) is 0.176. The lowest BCUT2D eigenvalue weighted by atomic mass is 10.1. The molecule has 0 aromatic heterocycles. The van der Waals surface area contributed by atoms with Gasteiger partial charge in [-0.15, -0.1) is 0 Å². The molecule has 1 aliphatic heterocycles. The van der Waals surface area contributed by atoms with E-state index >= 15 is 0 Å². The molecule has 0 atom stereocenters. The van der Waals surface area contributed by atoms with E-state index in [2.05, 4.69) is 4.99 Å². The molecule has 1 aliphatic rings. The van der Waals surface area contributed by atoms with Gasteiger partial charge in [0.1, 0.15) is 12.4 Å². The van der Waals surface area contributed by atoms with E-state index in [4.69, 9.17) is 14.2 Å². The van der Waals surface area contributed by atoms with E-state index in [9.17, 15) is 4.79 Å². The molecule has 0 unspecified atom stereocenters. The lowest BCUT2D eigenvalue weighted by molar-refractivity contribution is 0.101. The van der Waals surface area contributed by atoms with Gasteiger partial charge < -0.3 is 14.2 Å². The third kappa shape index (κ3) is 2.53. The number of benzene rings is 2. The number of aliphatic imine (C=N–C) groups is 1. The van der Waals surface area contributed by atoms with Crippen molar-refractivity contribution >= 4 is 12.1 Å². The zero-order valence-corrected chi connectivity index (χ0v) is 12.3. The average molecular weight is 297 g/mol. The molecule has 0 fully saturated rings. The molecule has 0 bridgehead atoms. The Bertz CT molecular complexity index is 752. The van der Waals surface area contributed by atoms with Gasteiger partial charge in [0.25, 0.3) is 5.91 Å². The standard InChI is InChI=1S/C17H15NO4/c1-20-15-7-6-11(8-16(15)21-2)10-22-14-5-3-4-12-13(14)9-18-17(12)19/h3-9H,10H2,1-2H3. The van der Waals surface area contributed by atoms with Crippen LogP contribution in [0.15, 0.2) is 41.4 Å². The number of carbonyl (C=O) groups is 1. The van der Waals surface area contributed by atoms with Gasteiger partial charge in [0.2, 0.25) is 0 Å². The van der Waals surface area contributed by atoms with Gasteiger partial charge in [0.15, 0.2) is 11.5 Å². The van der Waals surface area contributed by atoms with E-state index in [1.54, 1.807) is 32.6 Å². The third-order valence-electron chi connectivity index (χ3n) is 3.45. The van der Waals surface area contributed by atoms with Crippen molar-refractivity contribution < 1.29 is 19.0 Å². The number of carbonyl (C=O) groups excluding carboxylic acids is 1. The predicted octanol–water partition coefficient (Wildman–Crippen LogP) is 2.86. The Morgan fingerprint density at radius 3 is 2.59 bits per heavy atom. The first-order chi connectivity index (χ1) is 10.7. The highest BCUT2D eigenvalue weighted by Gasteiger charge is 2.19. The van der Waals surface area contributed by atoms with Gasteiger partial charge in [0, 0.05) is 11.8 Å². The van der Waals surface area contributed by atoms with Gasteiger partial charge in [0.05, 0.1) is 19.8 Å². The molecule has 0 radical (unpaired) electrons. The molecule has 1 heterocycles. The van der Waals surface area contributed by atoms with Crippen molar-refractivity contribution in [3.63, 3.8) is 0 Å². The van der Waals surface area contributed by atoms with Gasteiger partial charge in [-0.1, -0.05) is 12.1 Å². The molecule has 3 rings (SSSR count). The van der Waals surface area contributed by atoms with E-state index in [0.29, 0.717) is 29.4 Å². The van der Waals surface area contributed by atoms with Crippen molar-refractivity contribution in [1.82, 2.24) is 0 Å². The molecule has 0 saturated carbocycles. The average Bonchev–Trinajstić information content (AvgIpc) is 2.94. The molecule has 5 nitrogen and oxygen atoms in total. The summed E-state index contributed by atoms with van der Waals surface area (Å²) in [6, 6.07) is 11.0. The number of methoxy groups -OCH3 is 2. The molecule has 2 aromatic rings. The molecule has 22 heavy (non-hydrogen) atoms. The molecule has 0 spiro atoms. The maximum atomic E-state index is 11.6. The lowest BCUT2D eigenvalue weighted by Crippen LogP contribution is -2.01. The van der Waals surface area contributed by atoms with Gasteiger partial charge in [-0.3, -0.25) is 4.79 Å². The third-order valence-corrected chi connectivity index (χ3v) is 3.45.